The summed E-state index contributed by atoms with van der Waals surface area (Å²) in [7, 11) is 0. The number of rotatable bonds is 9. The third-order valence-electron chi connectivity index (χ3n) is 4.43. The largest absolute Gasteiger partial charge is 0.356 e. The van der Waals surface area contributed by atoms with Gasteiger partial charge in [0.05, 0.1) is 11.8 Å². The molecule has 0 radical (unpaired) electrons. The first kappa shape index (κ1) is 17.5. The van der Waals surface area contributed by atoms with E-state index in [1.165, 1.54) is 0 Å². The molecule has 126 valence electrons. The van der Waals surface area contributed by atoms with Gasteiger partial charge in [-0.2, -0.15) is 0 Å². The van der Waals surface area contributed by atoms with Gasteiger partial charge in [0, 0.05) is 19.6 Å². The molecule has 1 saturated carbocycles. The zero-order valence-corrected chi connectivity index (χ0v) is 14.3. The lowest BCUT2D eigenvalue weighted by molar-refractivity contribution is -0.135. The van der Waals surface area contributed by atoms with Crippen molar-refractivity contribution in [2.45, 2.75) is 46.1 Å². The normalized spacial score (nSPS) is 19.2. The molecule has 2 rings (SSSR count). The zero-order valence-electron chi connectivity index (χ0n) is 14.3. The van der Waals surface area contributed by atoms with Crippen molar-refractivity contribution in [1.29, 1.82) is 0 Å². The molecule has 0 aromatic heterocycles. The highest BCUT2D eigenvalue weighted by molar-refractivity contribution is 5.92. The van der Waals surface area contributed by atoms with Crippen molar-refractivity contribution in [2.24, 2.45) is 11.8 Å². The second-order valence-electron chi connectivity index (χ2n) is 6.28. The molecule has 0 aliphatic heterocycles. The van der Waals surface area contributed by atoms with Crippen LogP contribution in [-0.4, -0.2) is 29.8 Å². The summed E-state index contributed by atoms with van der Waals surface area (Å²) < 4.78 is 0. The van der Waals surface area contributed by atoms with E-state index >= 15 is 0 Å². The van der Waals surface area contributed by atoms with Gasteiger partial charge in [-0.15, -0.1) is 0 Å². The lowest BCUT2D eigenvalue weighted by atomic mass is 10.2. The number of carbonyl (C=O) groups is 2. The molecule has 2 unspecified atom stereocenters. The van der Waals surface area contributed by atoms with Gasteiger partial charge < -0.3 is 10.2 Å². The number of amides is 2. The van der Waals surface area contributed by atoms with Gasteiger partial charge in [0.1, 0.15) is 0 Å². The minimum atomic E-state index is -0.121. The van der Waals surface area contributed by atoms with Crippen LogP contribution in [0.2, 0.25) is 0 Å². The van der Waals surface area contributed by atoms with Gasteiger partial charge in [-0.25, -0.2) is 0 Å². The van der Waals surface area contributed by atoms with Crippen LogP contribution in [0.4, 0.5) is 0 Å². The summed E-state index contributed by atoms with van der Waals surface area (Å²) in [6.07, 6.45) is 3.99. The van der Waals surface area contributed by atoms with Crippen LogP contribution in [0.3, 0.4) is 0 Å². The van der Waals surface area contributed by atoms with Crippen molar-refractivity contribution in [1.82, 2.24) is 10.2 Å². The standard InChI is InChI=1S/C19H28N2O2/c1-3-5-9-12-20-18(22)16-13-17(16)19(23)21(4-2)14-15-10-7-6-8-11-15/h6-8,10-11,16-17H,3-5,9,12-14H2,1-2H3,(H,20,22). The second kappa shape index (κ2) is 8.70. The van der Waals surface area contributed by atoms with Crippen LogP contribution in [0.15, 0.2) is 30.3 Å². The topological polar surface area (TPSA) is 49.4 Å². The minimum Gasteiger partial charge on any atom is -0.356 e. The fourth-order valence-electron chi connectivity index (χ4n) is 2.86. The van der Waals surface area contributed by atoms with E-state index in [0.717, 1.165) is 31.4 Å². The molecule has 1 N–H and O–H groups in total. The molecule has 0 spiro atoms. The van der Waals surface area contributed by atoms with Crippen LogP contribution >= 0.6 is 0 Å². The summed E-state index contributed by atoms with van der Waals surface area (Å²) in [6, 6.07) is 10.00. The summed E-state index contributed by atoms with van der Waals surface area (Å²) in [4.78, 5) is 26.5. The molecular weight excluding hydrogens is 288 g/mol. The molecule has 4 nitrogen and oxygen atoms in total. The molecule has 1 aromatic rings. The van der Waals surface area contributed by atoms with E-state index in [-0.39, 0.29) is 23.7 Å². The summed E-state index contributed by atoms with van der Waals surface area (Å²) in [6.45, 7) is 6.16. The second-order valence-corrected chi connectivity index (χ2v) is 6.28. The SMILES string of the molecule is CCCCCNC(=O)C1CC1C(=O)N(CC)Cc1ccccc1. The van der Waals surface area contributed by atoms with E-state index in [9.17, 15) is 9.59 Å². The Hall–Kier alpha value is -1.84. The van der Waals surface area contributed by atoms with Crippen molar-refractivity contribution in [2.75, 3.05) is 13.1 Å². The molecule has 4 heteroatoms. The van der Waals surface area contributed by atoms with Crippen LogP contribution in [0.1, 0.15) is 45.1 Å². The number of hydrogen-bond donors (Lipinski definition) is 1. The van der Waals surface area contributed by atoms with E-state index < -0.39 is 0 Å². The molecule has 1 aliphatic carbocycles. The Labute approximate surface area is 139 Å². The molecule has 1 fully saturated rings. The number of nitrogens with zero attached hydrogens (tertiary/aromatic N) is 1. The molecule has 1 aromatic carbocycles. The molecule has 2 amide bonds. The number of benzene rings is 1. The van der Waals surface area contributed by atoms with Gasteiger partial charge in [-0.05, 0) is 25.3 Å². The third kappa shape index (κ3) is 5.08. The van der Waals surface area contributed by atoms with Crippen molar-refractivity contribution in [3.05, 3.63) is 35.9 Å². The van der Waals surface area contributed by atoms with E-state index in [1.807, 2.05) is 42.2 Å². The number of carbonyl (C=O) groups excluding carboxylic acids is 2. The van der Waals surface area contributed by atoms with Gasteiger partial charge in [0.15, 0.2) is 0 Å². The third-order valence-corrected chi connectivity index (χ3v) is 4.43. The van der Waals surface area contributed by atoms with Gasteiger partial charge in [0.25, 0.3) is 0 Å². The first-order valence-electron chi connectivity index (χ1n) is 8.77. The fourth-order valence-corrected chi connectivity index (χ4v) is 2.86. The Morgan fingerprint density at radius 3 is 2.52 bits per heavy atom. The molecule has 23 heavy (non-hydrogen) atoms. The monoisotopic (exact) mass is 316 g/mol. The number of hydrogen-bond acceptors (Lipinski definition) is 2. The highest BCUT2D eigenvalue weighted by atomic mass is 16.2. The lowest BCUT2D eigenvalue weighted by Crippen LogP contribution is -2.34. The maximum atomic E-state index is 12.6. The summed E-state index contributed by atoms with van der Waals surface area (Å²) in [5.74, 6) is -0.0703. The Bertz CT molecular complexity index is 515. The first-order chi connectivity index (χ1) is 11.2. The molecule has 0 saturated heterocycles. The lowest BCUT2D eigenvalue weighted by Gasteiger charge is -2.21. The zero-order chi connectivity index (χ0) is 16.7. The van der Waals surface area contributed by atoms with Crippen LogP contribution in [0, 0.1) is 11.8 Å². The summed E-state index contributed by atoms with van der Waals surface area (Å²) in [5.41, 5.74) is 1.13. The Morgan fingerprint density at radius 2 is 1.87 bits per heavy atom. The maximum Gasteiger partial charge on any atom is 0.226 e. The highest BCUT2D eigenvalue weighted by Gasteiger charge is 2.49. The molecule has 0 bridgehead atoms. The highest BCUT2D eigenvalue weighted by Crippen LogP contribution is 2.40. The average molecular weight is 316 g/mol. The quantitative estimate of drug-likeness (QED) is 0.712. The van der Waals surface area contributed by atoms with Crippen molar-refractivity contribution < 1.29 is 9.59 Å². The van der Waals surface area contributed by atoms with Crippen LogP contribution < -0.4 is 5.32 Å². The average Bonchev–Trinajstić information content (AvgIpc) is 3.37. The fraction of sp³-hybridized carbons (Fsp3) is 0.579. The molecule has 2 atom stereocenters. The van der Waals surface area contributed by atoms with Gasteiger partial charge in [-0.1, -0.05) is 50.1 Å². The van der Waals surface area contributed by atoms with Crippen molar-refractivity contribution >= 4 is 11.8 Å². The maximum absolute atomic E-state index is 12.6. The van der Waals surface area contributed by atoms with Crippen LogP contribution in [-0.2, 0) is 16.1 Å². The number of unbranched alkanes of at least 4 members (excludes halogenated alkanes) is 2. The van der Waals surface area contributed by atoms with Crippen molar-refractivity contribution in [3.8, 4) is 0 Å². The van der Waals surface area contributed by atoms with Gasteiger partial charge in [-0.3, -0.25) is 9.59 Å². The van der Waals surface area contributed by atoms with Crippen molar-refractivity contribution in [3.63, 3.8) is 0 Å². The van der Waals surface area contributed by atoms with E-state index in [2.05, 4.69) is 12.2 Å². The smallest absolute Gasteiger partial charge is 0.226 e. The number of nitrogens with one attached hydrogen (secondary N) is 1. The molecular formula is C19H28N2O2. The predicted octanol–water partition coefficient (Wildman–Crippen LogP) is 2.98. The Morgan fingerprint density at radius 1 is 1.13 bits per heavy atom. The summed E-state index contributed by atoms with van der Waals surface area (Å²) in [5, 5.41) is 2.96. The van der Waals surface area contributed by atoms with Gasteiger partial charge in [0.2, 0.25) is 11.8 Å². The first-order valence-corrected chi connectivity index (χ1v) is 8.77. The van der Waals surface area contributed by atoms with Gasteiger partial charge >= 0.3 is 0 Å². The summed E-state index contributed by atoms with van der Waals surface area (Å²) >= 11 is 0. The van der Waals surface area contributed by atoms with Crippen LogP contribution in [0.25, 0.3) is 0 Å². The predicted molar refractivity (Wildman–Crippen MR) is 91.7 cm³/mol. The Kier molecular flexibility index (Phi) is 6.63. The van der Waals surface area contributed by atoms with Crippen LogP contribution in [0.5, 0.6) is 0 Å². The molecule has 0 heterocycles. The van der Waals surface area contributed by atoms with E-state index in [1.54, 1.807) is 0 Å². The molecule has 1 aliphatic rings. The minimum absolute atomic E-state index is 0.0511. The van der Waals surface area contributed by atoms with E-state index in [0.29, 0.717) is 19.5 Å². The Balaban J connectivity index is 1.80. The van der Waals surface area contributed by atoms with E-state index in [4.69, 9.17) is 0 Å².